The van der Waals surface area contributed by atoms with Gasteiger partial charge in [-0.05, 0) is 37.1 Å². The number of carboxylic acids is 1. The Kier molecular flexibility index (Phi) is 4.65. The SMILES string of the molecule is COc1ccc(C(=O)NCCNC(=O)C2(C(=O)O)CC2)cc1. The van der Waals surface area contributed by atoms with Crippen molar-refractivity contribution in [3.8, 4) is 5.75 Å². The third-order valence-corrected chi connectivity index (χ3v) is 3.64. The second kappa shape index (κ2) is 6.46. The van der Waals surface area contributed by atoms with E-state index in [4.69, 9.17) is 9.84 Å². The molecule has 3 N–H and O–H groups in total. The molecule has 2 amide bonds. The number of carbonyl (C=O) groups is 3. The standard InChI is InChI=1S/C15H18N2O5/c1-22-11-4-2-10(3-5-11)12(18)16-8-9-17-13(19)15(6-7-15)14(20)21/h2-5H,6-9H2,1H3,(H,16,18)(H,17,19)(H,20,21). The van der Waals surface area contributed by atoms with Crippen molar-refractivity contribution in [1.29, 1.82) is 0 Å². The molecule has 1 aromatic rings. The van der Waals surface area contributed by atoms with Crippen LogP contribution in [0.15, 0.2) is 24.3 Å². The largest absolute Gasteiger partial charge is 0.497 e. The zero-order valence-corrected chi connectivity index (χ0v) is 12.2. The van der Waals surface area contributed by atoms with Gasteiger partial charge in [-0.1, -0.05) is 0 Å². The Labute approximate surface area is 127 Å². The van der Waals surface area contributed by atoms with Crippen molar-refractivity contribution < 1.29 is 24.2 Å². The maximum absolute atomic E-state index is 11.8. The lowest BCUT2D eigenvalue weighted by molar-refractivity contribution is -0.149. The van der Waals surface area contributed by atoms with Crippen LogP contribution in [-0.2, 0) is 9.59 Å². The molecule has 118 valence electrons. The first-order chi connectivity index (χ1) is 10.5. The highest BCUT2D eigenvalue weighted by molar-refractivity contribution is 6.04. The van der Waals surface area contributed by atoms with E-state index in [0.29, 0.717) is 24.2 Å². The van der Waals surface area contributed by atoms with E-state index in [-0.39, 0.29) is 19.0 Å². The predicted octanol–water partition coefficient (Wildman–Crippen LogP) is 0.406. The first-order valence-corrected chi connectivity index (χ1v) is 6.93. The maximum Gasteiger partial charge on any atom is 0.319 e. The summed E-state index contributed by atoms with van der Waals surface area (Å²) < 4.78 is 5.00. The van der Waals surface area contributed by atoms with Gasteiger partial charge in [-0.15, -0.1) is 0 Å². The molecule has 0 radical (unpaired) electrons. The topological polar surface area (TPSA) is 105 Å². The van der Waals surface area contributed by atoms with Crippen LogP contribution in [0.5, 0.6) is 5.75 Å². The lowest BCUT2D eigenvalue weighted by Gasteiger charge is -2.11. The number of carbonyl (C=O) groups excluding carboxylic acids is 2. The monoisotopic (exact) mass is 306 g/mol. The lowest BCUT2D eigenvalue weighted by Crippen LogP contribution is -2.41. The summed E-state index contributed by atoms with van der Waals surface area (Å²) in [5.74, 6) is -1.19. The molecule has 22 heavy (non-hydrogen) atoms. The van der Waals surface area contributed by atoms with Crippen LogP contribution in [-0.4, -0.2) is 43.1 Å². The fourth-order valence-electron chi connectivity index (χ4n) is 2.03. The van der Waals surface area contributed by atoms with Gasteiger partial charge in [-0.2, -0.15) is 0 Å². The molecule has 0 heterocycles. The summed E-state index contributed by atoms with van der Waals surface area (Å²) in [6.07, 6.45) is 0.735. The molecular formula is C15H18N2O5. The Morgan fingerprint density at radius 2 is 1.73 bits per heavy atom. The summed E-state index contributed by atoms with van der Waals surface area (Å²) in [6.45, 7) is 0.419. The van der Waals surface area contributed by atoms with Gasteiger partial charge in [0.15, 0.2) is 0 Å². The minimum atomic E-state index is -1.25. The highest BCUT2D eigenvalue weighted by Gasteiger charge is 2.56. The molecule has 1 aromatic carbocycles. The van der Waals surface area contributed by atoms with Crippen LogP contribution >= 0.6 is 0 Å². The molecule has 1 saturated carbocycles. The second-order valence-electron chi connectivity index (χ2n) is 5.13. The number of ether oxygens (including phenoxy) is 1. The van der Waals surface area contributed by atoms with E-state index in [1.54, 1.807) is 31.4 Å². The number of rotatable bonds is 7. The van der Waals surface area contributed by atoms with E-state index in [1.807, 2.05) is 0 Å². The Morgan fingerprint density at radius 1 is 1.14 bits per heavy atom. The quantitative estimate of drug-likeness (QED) is 0.500. The maximum atomic E-state index is 11.8. The molecule has 2 rings (SSSR count). The summed E-state index contributed by atoms with van der Waals surface area (Å²) in [5, 5.41) is 14.2. The Bertz CT molecular complexity index is 578. The Balaban J connectivity index is 1.73. The van der Waals surface area contributed by atoms with Crippen molar-refractivity contribution >= 4 is 17.8 Å². The molecule has 1 aliphatic carbocycles. The van der Waals surface area contributed by atoms with E-state index in [9.17, 15) is 14.4 Å². The van der Waals surface area contributed by atoms with Crippen molar-refractivity contribution in [3.63, 3.8) is 0 Å². The van der Waals surface area contributed by atoms with E-state index in [0.717, 1.165) is 0 Å². The molecule has 0 bridgehead atoms. The van der Waals surface area contributed by atoms with E-state index in [1.165, 1.54) is 0 Å². The van der Waals surface area contributed by atoms with Crippen LogP contribution in [0, 0.1) is 5.41 Å². The second-order valence-corrected chi connectivity index (χ2v) is 5.13. The molecule has 0 aliphatic heterocycles. The molecule has 7 heteroatoms. The summed E-state index contributed by atoms with van der Waals surface area (Å²) in [7, 11) is 1.54. The van der Waals surface area contributed by atoms with Crippen LogP contribution in [0.2, 0.25) is 0 Å². The summed E-state index contributed by atoms with van der Waals surface area (Å²) in [6, 6.07) is 6.63. The number of hydrogen-bond donors (Lipinski definition) is 3. The minimum absolute atomic E-state index is 0.190. The van der Waals surface area contributed by atoms with Crippen LogP contribution < -0.4 is 15.4 Å². The fourth-order valence-corrected chi connectivity index (χ4v) is 2.03. The zero-order valence-electron chi connectivity index (χ0n) is 12.2. The van der Waals surface area contributed by atoms with Crippen molar-refractivity contribution in [2.45, 2.75) is 12.8 Å². The van der Waals surface area contributed by atoms with E-state index in [2.05, 4.69) is 10.6 Å². The van der Waals surface area contributed by atoms with Gasteiger partial charge in [0.05, 0.1) is 7.11 Å². The van der Waals surface area contributed by atoms with Crippen molar-refractivity contribution in [2.75, 3.05) is 20.2 Å². The molecule has 0 aromatic heterocycles. The summed E-state index contributed by atoms with van der Waals surface area (Å²) >= 11 is 0. The molecule has 0 unspecified atom stereocenters. The number of hydrogen-bond acceptors (Lipinski definition) is 4. The van der Waals surface area contributed by atoms with Crippen molar-refractivity contribution in [1.82, 2.24) is 10.6 Å². The first-order valence-electron chi connectivity index (χ1n) is 6.93. The lowest BCUT2D eigenvalue weighted by atomic mass is 10.1. The van der Waals surface area contributed by atoms with Gasteiger partial charge in [0.2, 0.25) is 5.91 Å². The molecule has 1 aliphatic rings. The number of amides is 2. The number of benzene rings is 1. The van der Waals surface area contributed by atoms with Gasteiger partial charge in [0, 0.05) is 18.7 Å². The Hall–Kier alpha value is -2.57. The van der Waals surface area contributed by atoms with Crippen LogP contribution in [0.1, 0.15) is 23.2 Å². The van der Waals surface area contributed by atoms with Gasteiger partial charge in [-0.3, -0.25) is 14.4 Å². The van der Waals surface area contributed by atoms with Crippen LogP contribution in [0.25, 0.3) is 0 Å². The van der Waals surface area contributed by atoms with Crippen LogP contribution in [0.4, 0.5) is 0 Å². The van der Waals surface area contributed by atoms with Crippen molar-refractivity contribution in [3.05, 3.63) is 29.8 Å². The molecule has 0 saturated heterocycles. The molecular weight excluding hydrogens is 288 g/mol. The molecule has 7 nitrogen and oxygen atoms in total. The highest BCUT2D eigenvalue weighted by atomic mass is 16.5. The summed E-state index contributed by atoms with van der Waals surface area (Å²) in [4.78, 5) is 34.5. The zero-order chi connectivity index (χ0) is 16.2. The van der Waals surface area contributed by atoms with Gasteiger partial charge < -0.3 is 20.5 Å². The van der Waals surface area contributed by atoms with Gasteiger partial charge in [-0.25, -0.2) is 0 Å². The average Bonchev–Trinajstić information content (AvgIpc) is 3.33. The Morgan fingerprint density at radius 3 is 2.23 bits per heavy atom. The molecule has 1 fully saturated rings. The molecule has 0 spiro atoms. The highest BCUT2D eigenvalue weighted by Crippen LogP contribution is 2.45. The number of aliphatic carboxylic acids is 1. The number of nitrogens with one attached hydrogen (secondary N) is 2. The molecule has 0 atom stereocenters. The first kappa shape index (κ1) is 15.8. The number of methoxy groups -OCH3 is 1. The minimum Gasteiger partial charge on any atom is -0.497 e. The predicted molar refractivity (Wildman–Crippen MR) is 77.6 cm³/mol. The smallest absolute Gasteiger partial charge is 0.319 e. The van der Waals surface area contributed by atoms with Gasteiger partial charge in [0.25, 0.3) is 5.91 Å². The van der Waals surface area contributed by atoms with E-state index >= 15 is 0 Å². The van der Waals surface area contributed by atoms with Gasteiger partial charge in [0.1, 0.15) is 11.2 Å². The van der Waals surface area contributed by atoms with Gasteiger partial charge >= 0.3 is 5.97 Å². The summed E-state index contributed by atoms with van der Waals surface area (Å²) in [5.41, 5.74) is -0.767. The van der Waals surface area contributed by atoms with Crippen molar-refractivity contribution in [2.24, 2.45) is 5.41 Å². The third-order valence-electron chi connectivity index (χ3n) is 3.64. The van der Waals surface area contributed by atoms with E-state index < -0.39 is 17.3 Å². The average molecular weight is 306 g/mol. The van der Waals surface area contributed by atoms with Crippen LogP contribution in [0.3, 0.4) is 0 Å². The fraction of sp³-hybridized carbons (Fsp3) is 0.400. The third kappa shape index (κ3) is 3.36. The normalized spacial score (nSPS) is 14.8. The number of carboxylic acid groups (broad SMARTS) is 1.